The van der Waals surface area contributed by atoms with Crippen molar-refractivity contribution in [3.8, 4) is 11.4 Å². The van der Waals surface area contributed by atoms with Gasteiger partial charge in [0.25, 0.3) is 5.56 Å². The van der Waals surface area contributed by atoms with E-state index in [1.807, 2.05) is 37.4 Å². The molecule has 6 nitrogen and oxygen atoms in total. The molecular weight excluding hydrogens is 322 g/mol. The summed E-state index contributed by atoms with van der Waals surface area (Å²) in [4.78, 5) is 12.0. The van der Waals surface area contributed by atoms with Gasteiger partial charge in [0, 0.05) is 25.4 Å². The second-order valence-electron chi connectivity index (χ2n) is 5.48. The maximum Gasteiger partial charge on any atom is 0.255 e. The summed E-state index contributed by atoms with van der Waals surface area (Å²) in [5.74, 6) is 0.700. The molecule has 0 fully saturated rings. The summed E-state index contributed by atoms with van der Waals surface area (Å²) >= 11 is 0. The third kappa shape index (κ3) is 6.70. The average Bonchev–Trinajstić information content (AvgIpc) is 2.62. The Labute approximate surface area is 147 Å². The first kappa shape index (κ1) is 19.2. The van der Waals surface area contributed by atoms with Crippen molar-refractivity contribution in [2.75, 3.05) is 46.8 Å². The highest BCUT2D eigenvalue weighted by molar-refractivity contribution is 5.39. The summed E-state index contributed by atoms with van der Waals surface area (Å²) in [6.45, 7) is 5.07. The van der Waals surface area contributed by atoms with Crippen LogP contribution in [-0.2, 0) is 14.2 Å². The molecule has 1 aromatic carbocycles. The number of aryl methyl sites for hydroxylation is 1. The van der Waals surface area contributed by atoms with E-state index in [0.29, 0.717) is 45.4 Å². The number of ether oxygens (including phenoxy) is 4. The predicted molar refractivity (Wildman–Crippen MR) is 95.8 cm³/mol. The molecule has 6 heteroatoms. The van der Waals surface area contributed by atoms with Gasteiger partial charge < -0.3 is 18.9 Å². The summed E-state index contributed by atoms with van der Waals surface area (Å²) in [6.07, 6.45) is 1.81. The molecule has 2 rings (SSSR count). The van der Waals surface area contributed by atoms with Crippen LogP contribution in [0.25, 0.3) is 5.69 Å². The van der Waals surface area contributed by atoms with E-state index in [1.54, 1.807) is 23.8 Å². The summed E-state index contributed by atoms with van der Waals surface area (Å²) < 4.78 is 22.9. The molecule has 0 spiro atoms. The van der Waals surface area contributed by atoms with Gasteiger partial charge in [-0.3, -0.25) is 9.36 Å². The minimum atomic E-state index is -0.0699. The zero-order chi connectivity index (χ0) is 17.9. The SMILES string of the molecule is COCCOCCOCCOc1cccc(-n2cc(C)ccc2=O)c1. The molecule has 25 heavy (non-hydrogen) atoms. The summed E-state index contributed by atoms with van der Waals surface area (Å²) in [5, 5.41) is 0. The molecule has 0 aliphatic heterocycles. The number of hydrogen-bond donors (Lipinski definition) is 0. The van der Waals surface area contributed by atoms with Crippen molar-refractivity contribution in [1.82, 2.24) is 4.57 Å². The van der Waals surface area contributed by atoms with E-state index in [-0.39, 0.29) is 5.56 Å². The van der Waals surface area contributed by atoms with Gasteiger partial charge in [0.15, 0.2) is 0 Å². The first-order valence-electron chi connectivity index (χ1n) is 8.27. The summed E-state index contributed by atoms with van der Waals surface area (Å²) in [6, 6.07) is 10.8. The molecule has 1 heterocycles. The van der Waals surface area contributed by atoms with Gasteiger partial charge in [0.05, 0.1) is 38.7 Å². The normalized spacial score (nSPS) is 10.8. The van der Waals surface area contributed by atoms with Crippen LogP contribution in [0, 0.1) is 6.92 Å². The fraction of sp³-hybridized carbons (Fsp3) is 0.421. The molecule has 0 saturated carbocycles. The third-order valence-corrected chi connectivity index (χ3v) is 3.45. The lowest BCUT2D eigenvalue weighted by Crippen LogP contribution is -2.16. The van der Waals surface area contributed by atoms with Crippen molar-refractivity contribution >= 4 is 0 Å². The fourth-order valence-electron chi connectivity index (χ4n) is 2.20. The molecular formula is C19H25NO5. The zero-order valence-corrected chi connectivity index (χ0v) is 14.8. The van der Waals surface area contributed by atoms with E-state index in [2.05, 4.69) is 0 Å². The van der Waals surface area contributed by atoms with Crippen LogP contribution in [0.2, 0.25) is 0 Å². The first-order chi connectivity index (χ1) is 12.2. The van der Waals surface area contributed by atoms with E-state index in [9.17, 15) is 4.79 Å². The molecule has 136 valence electrons. The fourth-order valence-corrected chi connectivity index (χ4v) is 2.20. The Kier molecular flexibility index (Phi) is 8.18. The smallest absolute Gasteiger partial charge is 0.255 e. The average molecular weight is 347 g/mol. The van der Waals surface area contributed by atoms with E-state index in [0.717, 1.165) is 11.3 Å². The Balaban J connectivity index is 1.76. The van der Waals surface area contributed by atoms with Gasteiger partial charge >= 0.3 is 0 Å². The third-order valence-electron chi connectivity index (χ3n) is 3.45. The molecule has 0 aliphatic carbocycles. The molecule has 0 radical (unpaired) electrons. The van der Waals surface area contributed by atoms with Crippen LogP contribution in [-0.4, -0.2) is 51.3 Å². The molecule has 0 unspecified atom stereocenters. The van der Waals surface area contributed by atoms with Crippen LogP contribution in [0.1, 0.15) is 5.56 Å². The van der Waals surface area contributed by atoms with Crippen molar-refractivity contribution in [2.45, 2.75) is 6.92 Å². The largest absolute Gasteiger partial charge is 0.491 e. The highest BCUT2D eigenvalue weighted by Gasteiger charge is 2.02. The quantitative estimate of drug-likeness (QED) is 0.583. The number of nitrogens with zero attached hydrogens (tertiary/aromatic N) is 1. The van der Waals surface area contributed by atoms with Gasteiger partial charge in [-0.15, -0.1) is 0 Å². The van der Waals surface area contributed by atoms with Gasteiger partial charge in [-0.1, -0.05) is 12.1 Å². The van der Waals surface area contributed by atoms with Crippen molar-refractivity contribution in [3.05, 3.63) is 58.5 Å². The molecule has 0 amide bonds. The minimum absolute atomic E-state index is 0.0699. The maximum absolute atomic E-state index is 12.0. The van der Waals surface area contributed by atoms with Crippen LogP contribution < -0.4 is 10.3 Å². The Bertz CT molecular complexity index is 698. The number of methoxy groups -OCH3 is 1. The van der Waals surface area contributed by atoms with Gasteiger partial charge in [-0.05, 0) is 24.6 Å². The van der Waals surface area contributed by atoms with Crippen molar-refractivity contribution in [3.63, 3.8) is 0 Å². The standard InChI is InChI=1S/C19H25NO5/c1-16-6-7-19(21)20(15-16)17-4-3-5-18(14-17)25-13-12-24-11-10-23-9-8-22-2/h3-7,14-15H,8-13H2,1-2H3. The van der Waals surface area contributed by atoms with Gasteiger partial charge in [0.1, 0.15) is 12.4 Å². The second kappa shape index (κ2) is 10.7. The topological polar surface area (TPSA) is 58.9 Å². The maximum atomic E-state index is 12.0. The van der Waals surface area contributed by atoms with E-state index in [4.69, 9.17) is 18.9 Å². The lowest BCUT2D eigenvalue weighted by Gasteiger charge is -2.10. The summed E-state index contributed by atoms with van der Waals surface area (Å²) in [5.41, 5.74) is 1.73. The number of pyridine rings is 1. The molecule has 0 atom stereocenters. The number of rotatable bonds is 11. The van der Waals surface area contributed by atoms with Gasteiger partial charge in [-0.25, -0.2) is 0 Å². The first-order valence-corrected chi connectivity index (χ1v) is 8.27. The van der Waals surface area contributed by atoms with E-state index >= 15 is 0 Å². The van der Waals surface area contributed by atoms with Gasteiger partial charge in [0.2, 0.25) is 0 Å². The van der Waals surface area contributed by atoms with Crippen LogP contribution in [0.4, 0.5) is 0 Å². The Hall–Kier alpha value is -2.15. The van der Waals surface area contributed by atoms with Crippen molar-refractivity contribution in [1.29, 1.82) is 0 Å². The molecule has 0 N–H and O–H groups in total. The monoisotopic (exact) mass is 347 g/mol. The molecule has 0 saturated heterocycles. The molecule has 0 aliphatic rings. The second-order valence-corrected chi connectivity index (χ2v) is 5.48. The number of benzene rings is 1. The number of hydrogen-bond acceptors (Lipinski definition) is 5. The highest BCUT2D eigenvalue weighted by atomic mass is 16.6. The van der Waals surface area contributed by atoms with Crippen LogP contribution in [0.5, 0.6) is 5.75 Å². The lowest BCUT2D eigenvalue weighted by molar-refractivity contribution is 0.0180. The highest BCUT2D eigenvalue weighted by Crippen LogP contribution is 2.16. The minimum Gasteiger partial charge on any atom is -0.491 e. The van der Waals surface area contributed by atoms with Crippen LogP contribution in [0.3, 0.4) is 0 Å². The molecule has 1 aromatic heterocycles. The predicted octanol–water partition coefficient (Wildman–Crippen LogP) is 2.20. The van der Waals surface area contributed by atoms with Crippen molar-refractivity contribution in [2.24, 2.45) is 0 Å². The Morgan fingerprint density at radius 2 is 1.64 bits per heavy atom. The summed E-state index contributed by atoms with van der Waals surface area (Å²) in [7, 11) is 1.64. The number of aromatic nitrogens is 1. The Morgan fingerprint density at radius 1 is 0.920 bits per heavy atom. The van der Waals surface area contributed by atoms with E-state index < -0.39 is 0 Å². The lowest BCUT2D eigenvalue weighted by atomic mass is 10.2. The zero-order valence-electron chi connectivity index (χ0n) is 14.8. The van der Waals surface area contributed by atoms with E-state index in [1.165, 1.54) is 0 Å². The van der Waals surface area contributed by atoms with Crippen LogP contribution >= 0.6 is 0 Å². The van der Waals surface area contributed by atoms with Crippen LogP contribution in [0.15, 0.2) is 47.4 Å². The van der Waals surface area contributed by atoms with Crippen molar-refractivity contribution < 1.29 is 18.9 Å². The van der Waals surface area contributed by atoms with Gasteiger partial charge in [-0.2, -0.15) is 0 Å². The Morgan fingerprint density at radius 3 is 2.40 bits per heavy atom. The molecule has 2 aromatic rings. The molecule has 0 bridgehead atoms.